The van der Waals surface area contributed by atoms with Gasteiger partial charge in [-0.15, -0.1) is 0 Å². The zero-order chi connectivity index (χ0) is 12.8. The molecule has 1 unspecified atom stereocenters. The summed E-state index contributed by atoms with van der Waals surface area (Å²) in [5.74, 6) is 0.639. The lowest BCUT2D eigenvalue weighted by Gasteiger charge is -2.31. The van der Waals surface area contributed by atoms with Crippen LogP contribution in [0.25, 0.3) is 0 Å². The molecule has 0 bridgehead atoms. The van der Waals surface area contributed by atoms with Gasteiger partial charge in [0.1, 0.15) is 0 Å². The zero-order valence-corrected chi connectivity index (χ0v) is 11.7. The van der Waals surface area contributed by atoms with Gasteiger partial charge in [0.05, 0.1) is 0 Å². The van der Waals surface area contributed by atoms with Crippen LogP contribution in [0.3, 0.4) is 0 Å². The van der Waals surface area contributed by atoms with Gasteiger partial charge in [0.15, 0.2) is 0 Å². The summed E-state index contributed by atoms with van der Waals surface area (Å²) in [5.41, 5.74) is 2.55. The number of nitrogens with one attached hydrogen (secondary N) is 1. The van der Waals surface area contributed by atoms with Gasteiger partial charge in [-0.25, -0.2) is 0 Å². The van der Waals surface area contributed by atoms with Crippen molar-refractivity contribution in [2.24, 2.45) is 5.92 Å². The van der Waals surface area contributed by atoms with Crippen molar-refractivity contribution in [1.82, 2.24) is 10.3 Å². The first-order chi connectivity index (χ1) is 8.07. The van der Waals surface area contributed by atoms with Gasteiger partial charge in [0.2, 0.25) is 0 Å². The minimum absolute atomic E-state index is 0.526. The predicted octanol–water partition coefficient (Wildman–Crippen LogP) is 2.67. The first kappa shape index (κ1) is 14.0. The Hall–Kier alpha value is -1.09. The molecule has 0 amide bonds. The number of hydrogen-bond acceptors (Lipinski definition) is 3. The van der Waals surface area contributed by atoms with Crippen LogP contribution in [0.5, 0.6) is 0 Å². The van der Waals surface area contributed by atoms with Crippen molar-refractivity contribution in [2.75, 3.05) is 18.5 Å². The van der Waals surface area contributed by atoms with Crippen LogP contribution < -0.4 is 10.2 Å². The van der Waals surface area contributed by atoms with Gasteiger partial charge in [-0.2, -0.15) is 0 Å². The number of anilines is 1. The number of rotatable bonds is 6. The Morgan fingerprint density at radius 3 is 2.65 bits per heavy atom. The number of aromatic nitrogens is 1. The average Bonchev–Trinajstić information content (AvgIpc) is 2.34. The monoisotopic (exact) mass is 235 g/mol. The van der Waals surface area contributed by atoms with Crippen molar-refractivity contribution in [3.05, 3.63) is 24.0 Å². The van der Waals surface area contributed by atoms with Crippen LogP contribution in [0.15, 0.2) is 18.5 Å². The van der Waals surface area contributed by atoms with Crippen molar-refractivity contribution in [2.45, 2.75) is 40.3 Å². The zero-order valence-electron chi connectivity index (χ0n) is 11.7. The van der Waals surface area contributed by atoms with E-state index in [0.717, 1.165) is 13.1 Å². The topological polar surface area (TPSA) is 28.2 Å². The van der Waals surface area contributed by atoms with Crippen molar-refractivity contribution in [3.8, 4) is 0 Å². The first-order valence-electron chi connectivity index (χ1n) is 6.44. The third kappa shape index (κ3) is 3.70. The first-order valence-corrected chi connectivity index (χ1v) is 6.44. The summed E-state index contributed by atoms with van der Waals surface area (Å²) in [6.07, 6.45) is 3.83. The SMILES string of the molecule is CCNCc1cnccc1N(C)C(C)C(C)C. The highest BCUT2D eigenvalue weighted by atomic mass is 15.1. The lowest BCUT2D eigenvalue weighted by atomic mass is 10.0. The van der Waals surface area contributed by atoms with Gasteiger partial charge in [0, 0.05) is 43.3 Å². The van der Waals surface area contributed by atoms with Gasteiger partial charge in [-0.05, 0) is 25.5 Å². The summed E-state index contributed by atoms with van der Waals surface area (Å²) in [7, 11) is 2.16. The molecular weight excluding hydrogens is 210 g/mol. The fourth-order valence-corrected chi connectivity index (χ4v) is 1.83. The van der Waals surface area contributed by atoms with Crippen molar-refractivity contribution >= 4 is 5.69 Å². The molecule has 0 aliphatic carbocycles. The molecule has 0 fully saturated rings. The number of nitrogens with zero attached hydrogens (tertiary/aromatic N) is 2. The predicted molar refractivity (Wildman–Crippen MR) is 74.3 cm³/mol. The molecule has 17 heavy (non-hydrogen) atoms. The molecule has 1 atom stereocenters. The molecule has 96 valence electrons. The largest absolute Gasteiger partial charge is 0.371 e. The molecular formula is C14H25N3. The Balaban J connectivity index is 2.88. The fourth-order valence-electron chi connectivity index (χ4n) is 1.83. The molecule has 0 saturated heterocycles. The van der Waals surface area contributed by atoms with Crippen LogP contribution in [-0.2, 0) is 6.54 Å². The molecule has 1 aromatic rings. The van der Waals surface area contributed by atoms with Crippen LogP contribution >= 0.6 is 0 Å². The second-order valence-electron chi connectivity index (χ2n) is 4.88. The van der Waals surface area contributed by atoms with E-state index in [9.17, 15) is 0 Å². The van der Waals surface area contributed by atoms with Crippen LogP contribution in [-0.4, -0.2) is 24.6 Å². The summed E-state index contributed by atoms with van der Waals surface area (Å²) in [6, 6.07) is 2.63. The molecule has 1 rings (SSSR count). The highest BCUT2D eigenvalue weighted by Gasteiger charge is 2.16. The van der Waals surface area contributed by atoms with E-state index in [0.29, 0.717) is 12.0 Å². The highest BCUT2D eigenvalue weighted by Crippen LogP contribution is 2.22. The summed E-state index contributed by atoms with van der Waals surface area (Å²) in [6.45, 7) is 10.8. The minimum Gasteiger partial charge on any atom is -0.371 e. The van der Waals surface area contributed by atoms with Gasteiger partial charge in [0.25, 0.3) is 0 Å². The lowest BCUT2D eigenvalue weighted by Crippen LogP contribution is -2.34. The standard InChI is InChI=1S/C14H25N3/c1-6-15-9-13-10-16-8-7-14(13)17(5)12(4)11(2)3/h7-8,10-12,15H,6,9H2,1-5H3. The van der Waals surface area contributed by atoms with E-state index >= 15 is 0 Å². The quantitative estimate of drug-likeness (QED) is 0.821. The second kappa shape index (κ2) is 6.60. The van der Waals surface area contributed by atoms with Gasteiger partial charge < -0.3 is 10.2 Å². The molecule has 0 aromatic carbocycles. The maximum atomic E-state index is 4.22. The molecule has 3 heteroatoms. The van der Waals surface area contributed by atoms with E-state index in [4.69, 9.17) is 0 Å². The number of hydrogen-bond donors (Lipinski definition) is 1. The van der Waals surface area contributed by atoms with Crippen molar-refractivity contribution in [3.63, 3.8) is 0 Å². The Morgan fingerprint density at radius 1 is 1.35 bits per heavy atom. The van der Waals surface area contributed by atoms with Crippen LogP contribution in [0.4, 0.5) is 5.69 Å². The Kier molecular flexibility index (Phi) is 5.42. The third-order valence-corrected chi connectivity index (χ3v) is 3.40. The van der Waals surface area contributed by atoms with E-state index in [2.05, 4.69) is 56.0 Å². The molecule has 1 heterocycles. The normalized spacial score (nSPS) is 12.8. The Morgan fingerprint density at radius 2 is 2.06 bits per heavy atom. The maximum Gasteiger partial charge on any atom is 0.0442 e. The third-order valence-electron chi connectivity index (χ3n) is 3.40. The van der Waals surface area contributed by atoms with E-state index in [-0.39, 0.29) is 0 Å². The van der Waals surface area contributed by atoms with Crippen LogP contribution in [0.2, 0.25) is 0 Å². The Labute approximate surface area is 105 Å². The molecule has 0 radical (unpaired) electrons. The van der Waals surface area contributed by atoms with Gasteiger partial charge in [-0.1, -0.05) is 20.8 Å². The van der Waals surface area contributed by atoms with Gasteiger partial charge in [-0.3, -0.25) is 4.98 Å². The minimum atomic E-state index is 0.526. The van der Waals surface area contributed by atoms with Crippen LogP contribution in [0, 0.1) is 5.92 Å². The summed E-state index contributed by atoms with van der Waals surface area (Å²) < 4.78 is 0. The van der Waals surface area contributed by atoms with Crippen LogP contribution in [0.1, 0.15) is 33.3 Å². The van der Waals surface area contributed by atoms with Gasteiger partial charge >= 0.3 is 0 Å². The average molecular weight is 235 g/mol. The lowest BCUT2D eigenvalue weighted by molar-refractivity contribution is 0.504. The molecule has 0 saturated carbocycles. The molecule has 0 spiro atoms. The van der Waals surface area contributed by atoms with E-state index in [1.807, 2.05) is 12.4 Å². The van der Waals surface area contributed by atoms with E-state index < -0.39 is 0 Å². The Bertz CT molecular complexity index is 336. The van der Waals surface area contributed by atoms with Crippen molar-refractivity contribution < 1.29 is 0 Å². The summed E-state index contributed by atoms with van der Waals surface area (Å²) in [5, 5.41) is 3.36. The molecule has 1 N–H and O–H groups in total. The molecule has 3 nitrogen and oxygen atoms in total. The smallest absolute Gasteiger partial charge is 0.0442 e. The van der Waals surface area contributed by atoms with E-state index in [1.54, 1.807) is 0 Å². The molecule has 0 aliphatic heterocycles. The van der Waals surface area contributed by atoms with E-state index in [1.165, 1.54) is 11.3 Å². The maximum absolute atomic E-state index is 4.22. The van der Waals surface area contributed by atoms with Crippen molar-refractivity contribution in [1.29, 1.82) is 0 Å². The number of pyridine rings is 1. The second-order valence-corrected chi connectivity index (χ2v) is 4.88. The highest BCUT2D eigenvalue weighted by molar-refractivity contribution is 5.52. The fraction of sp³-hybridized carbons (Fsp3) is 0.643. The summed E-state index contributed by atoms with van der Waals surface area (Å²) >= 11 is 0. The molecule has 0 aliphatic rings. The summed E-state index contributed by atoms with van der Waals surface area (Å²) in [4.78, 5) is 6.56. The molecule has 1 aromatic heterocycles.